The molecule has 0 aromatic heterocycles. The first-order valence-corrected chi connectivity index (χ1v) is 14.7. The second-order valence-corrected chi connectivity index (χ2v) is 9.95. The third kappa shape index (κ3) is 27.6. The van der Waals surface area contributed by atoms with Crippen LogP contribution in [0.5, 0.6) is 0 Å². The molecule has 0 aliphatic rings. The number of hydrogen-bond donors (Lipinski definition) is 2. The summed E-state index contributed by atoms with van der Waals surface area (Å²) in [5, 5.41) is 17.9. The molecule has 0 saturated carbocycles. The highest BCUT2D eigenvalue weighted by Gasteiger charge is 2.03. The highest BCUT2D eigenvalue weighted by atomic mass is 16.5. The van der Waals surface area contributed by atoms with E-state index in [1.165, 1.54) is 109 Å². The Labute approximate surface area is 211 Å². The number of rotatable bonds is 28. The lowest BCUT2D eigenvalue weighted by Crippen LogP contribution is -2.19. The molecule has 0 bridgehead atoms. The predicted octanol–water partition coefficient (Wildman–Crippen LogP) is 7.50. The van der Waals surface area contributed by atoms with Crippen LogP contribution in [0.25, 0.3) is 0 Å². The van der Waals surface area contributed by atoms with Crippen LogP contribution >= 0.6 is 0 Å². The van der Waals surface area contributed by atoms with Gasteiger partial charge in [0, 0.05) is 13.0 Å². The molecule has 1 unspecified atom stereocenters. The number of hydrogen-bond acceptors (Lipinski definition) is 5. The fourth-order valence-electron chi connectivity index (χ4n) is 4.18. The van der Waals surface area contributed by atoms with E-state index in [1.807, 2.05) is 0 Å². The first-order valence-electron chi connectivity index (χ1n) is 14.7. The number of aliphatic hydroxyl groups excluding tert-OH is 2. The molecule has 34 heavy (non-hydrogen) atoms. The first-order chi connectivity index (χ1) is 16.7. The first kappa shape index (κ1) is 33.4. The van der Waals surface area contributed by atoms with Gasteiger partial charge in [-0.2, -0.15) is 0 Å². The van der Waals surface area contributed by atoms with E-state index >= 15 is 0 Å². The Morgan fingerprint density at radius 3 is 1.50 bits per heavy atom. The van der Waals surface area contributed by atoms with Gasteiger partial charge in [0.15, 0.2) is 0 Å². The van der Waals surface area contributed by atoms with Crippen molar-refractivity contribution >= 4 is 5.97 Å². The number of aliphatic hydroxyl groups is 2. The van der Waals surface area contributed by atoms with Crippen molar-refractivity contribution in [2.45, 2.75) is 154 Å². The number of ether oxygens (including phenoxy) is 2. The van der Waals surface area contributed by atoms with E-state index < -0.39 is 6.10 Å². The number of carbonyl (C=O) groups excluding carboxylic acids is 1. The molecule has 1 atom stereocenters. The summed E-state index contributed by atoms with van der Waals surface area (Å²) in [5.74, 6) is -0.00373. The highest BCUT2D eigenvalue weighted by Crippen LogP contribution is 2.13. The SMILES string of the molecule is CCCCCCCCCCOC(=O)CCCCCCCCCCCCCCCOCC(O)CO. The van der Waals surface area contributed by atoms with Crippen LogP contribution in [0.3, 0.4) is 0 Å². The van der Waals surface area contributed by atoms with Gasteiger partial charge in [-0.25, -0.2) is 0 Å². The Bertz CT molecular complexity index is 402. The standard InChI is InChI=1S/C29H58O5/c1-2-3-4-5-6-16-19-22-25-34-29(32)23-20-17-14-12-10-8-7-9-11-13-15-18-21-24-33-27-28(31)26-30/h28,30-31H,2-27H2,1H3. The zero-order valence-corrected chi connectivity index (χ0v) is 22.6. The van der Waals surface area contributed by atoms with Gasteiger partial charge in [0.25, 0.3) is 0 Å². The Kier molecular flexibility index (Phi) is 28.0. The molecule has 0 radical (unpaired) electrons. The van der Waals surface area contributed by atoms with E-state index in [-0.39, 0.29) is 19.2 Å². The van der Waals surface area contributed by atoms with Crippen LogP contribution in [0, 0.1) is 0 Å². The third-order valence-electron chi connectivity index (χ3n) is 6.45. The normalized spacial score (nSPS) is 12.2. The van der Waals surface area contributed by atoms with Crippen molar-refractivity contribution in [2.24, 2.45) is 0 Å². The Morgan fingerprint density at radius 2 is 1.03 bits per heavy atom. The van der Waals surface area contributed by atoms with E-state index in [4.69, 9.17) is 19.7 Å². The van der Waals surface area contributed by atoms with Crippen LogP contribution in [0.1, 0.15) is 148 Å². The minimum absolute atomic E-state index is 0.00373. The molecule has 5 heteroatoms. The summed E-state index contributed by atoms with van der Waals surface area (Å²) < 4.78 is 10.7. The fourth-order valence-corrected chi connectivity index (χ4v) is 4.18. The quantitative estimate of drug-likeness (QED) is 0.0884. The molecule has 204 valence electrons. The third-order valence-corrected chi connectivity index (χ3v) is 6.45. The van der Waals surface area contributed by atoms with Gasteiger partial charge >= 0.3 is 5.97 Å². The van der Waals surface area contributed by atoms with Gasteiger partial charge in [-0.3, -0.25) is 4.79 Å². The topological polar surface area (TPSA) is 76.0 Å². The van der Waals surface area contributed by atoms with Crippen LogP contribution in [-0.2, 0) is 14.3 Å². The van der Waals surface area contributed by atoms with Crippen molar-refractivity contribution in [1.82, 2.24) is 0 Å². The average molecular weight is 487 g/mol. The fraction of sp³-hybridized carbons (Fsp3) is 0.966. The second kappa shape index (κ2) is 28.6. The zero-order chi connectivity index (χ0) is 25.0. The molecule has 0 aliphatic heterocycles. The van der Waals surface area contributed by atoms with Gasteiger partial charge in [0.1, 0.15) is 6.10 Å². The van der Waals surface area contributed by atoms with Crippen molar-refractivity contribution in [3.63, 3.8) is 0 Å². The van der Waals surface area contributed by atoms with Gasteiger partial charge < -0.3 is 19.7 Å². The van der Waals surface area contributed by atoms with Gasteiger partial charge in [-0.15, -0.1) is 0 Å². The Hall–Kier alpha value is -0.650. The van der Waals surface area contributed by atoms with Crippen molar-refractivity contribution in [3.05, 3.63) is 0 Å². The van der Waals surface area contributed by atoms with Gasteiger partial charge in [-0.1, -0.05) is 122 Å². The van der Waals surface area contributed by atoms with Gasteiger partial charge in [-0.05, 0) is 19.3 Å². The minimum Gasteiger partial charge on any atom is -0.466 e. The molecule has 5 nitrogen and oxygen atoms in total. The van der Waals surface area contributed by atoms with Crippen molar-refractivity contribution in [3.8, 4) is 0 Å². The summed E-state index contributed by atoms with van der Waals surface area (Å²) in [7, 11) is 0. The molecule has 2 N–H and O–H groups in total. The Morgan fingerprint density at radius 1 is 0.618 bits per heavy atom. The van der Waals surface area contributed by atoms with E-state index in [0.29, 0.717) is 19.6 Å². The molecule has 0 amide bonds. The molecule has 0 spiro atoms. The predicted molar refractivity (Wildman–Crippen MR) is 142 cm³/mol. The maximum atomic E-state index is 11.8. The van der Waals surface area contributed by atoms with Crippen LogP contribution in [0.15, 0.2) is 0 Å². The number of carbonyl (C=O) groups is 1. The van der Waals surface area contributed by atoms with E-state index in [9.17, 15) is 4.79 Å². The highest BCUT2D eigenvalue weighted by molar-refractivity contribution is 5.69. The lowest BCUT2D eigenvalue weighted by molar-refractivity contribution is -0.143. The maximum Gasteiger partial charge on any atom is 0.305 e. The molecule has 0 aliphatic carbocycles. The molecular formula is C29H58O5. The molecule has 0 saturated heterocycles. The molecule has 0 aromatic carbocycles. The maximum absolute atomic E-state index is 11.8. The second-order valence-electron chi connectivity index (χ2n) is 9.95. The average Bonchev–Trinajstić information content (AvgIpc) is 2.84. The van der Waals surface area contributed by atoms with Crippen LogP contribution in [0.2, 0.25) is 0 Å². The van der Waals surface area contributed by atoms with Crippen LogP contribution in [0.4, 0.5) is 0 Å². The molecule has 0 fully saturated rings. The Balaban J connectivity index is 3.14. The minimum atomic E-state index is -0.738. The van der Waals surface area contributed by atoms with Gasteiger partial charge in [0.2, 0.25) is 0 Å². The monoisotopic (exact) mass is 486 g/mol. The molecule has 0 rings (SSSR count). The summed E-state index contributed by atoms with van der Waals surface area (Å²) in [5.41, 5.74) is 0. The van der Waals surface area contributed by atoms with Crippen molar-refractivity contribution in [1.29, 1.82) is 0 Å². The molecule has 0 heterocycles. The summed E-state index contributed by atoms with van der Waals surface area (Å²) >= 11 is 0. The zero-order valence-electron chi connectivity index (χ0n) is 22.6. The smallest absolute Gasteiger partial charge is 0.305 e. The van der Waals surface area contributed by atoms with E-state index in [1.54, 1.807) is 0 Å². The van der Waals surface area contributed by atoms with Crippen LogP contribution < -0.4 is 0 Å². The largest absolute Gasteiger partial charge is 0.466 e. The molecule has 0 aromatic rings. The van der Waals surface area contributed by atoms with E-state index in [2.05, 4.69) is 6.92 Å². The lowest BCUT2D eigenvalue weighted by Gasteiger charge is -2.08. The summed E-state index contributed by atoms with van der Waals surface area (Å²) in [6, 6.07) is 0. The number of esters is 1. The summed E-state index contributed by atoms with van der Waals surface area (Å²) in [4.78, 5) is 11.8. The summed E-state index contributed by atoms with van der Waals surface area (Å²) in [6.07, 6.45) is 26.1. The molecular weight excluding hydrogens is 428 g/mol. The van der Waals surface area contributed by atoms with E-state index in [0.717, 1.165) is 25.7 Å². The number of unbranched alkanes of at least 4 members (excludes halogenated alkanes) is 19. The van der Waals surface area contributed by atoms with Crippen LogP contribution in [-0.4, -0.2) is 48.7 Å². The van der Waals surface area contributed by atoms with Crippen molar-refractivity contribution in [2.75, 3.05) is 26.4 Å². The lowest BCUT2D eigenvalue weighted by atomic mass is 10.0. The van der Waals surface area contributed by atoms with Crippen molar-refractivity contribution < 1.29 is 24.5 Å². The van der Waals surface area contributed by atoms with Gasteiger partial charge in [0.05, 0.1) is 19.8 Å². The summed E-state index contributed by atoms with van der Waals surface area (Å²) in [6.45, 7) is 3.55.